The van der Waals surface area contributed by atoms with Gasteiger partial charge in [0.05, 0.1) is 33.2 Å². The van der Waals surface area contributed by atoms with Gasteiger partial charge in [-0.05, 0) is 13.0 Å². The highest BCUT2D eigenvalue weighted by Gasteiger charge is 2.25. The first kappa shape index (κ1) is 21.9. The van der Waals surface area contributed by atoms with Gasteiger partial charge >= 0.3 is 0 Å². The number of aromatic nitrogens is 6. The van der Waals surface area contributed by atoms with Gasteiger partial charge in [0.1, 0.15) is 11.4 Å². The Morgan fingerprint density at radius 1 is 1.06 bits per heavy atom. The van der Waals surface area contributed by atoms with Gasteiger partial charge in [0.2, 0.25) is 5.88 Å². The second-order valence-electron chi connectivity index (χ2n) is 6.27. The maximum Gasteiger partial charge on any atom is 0.213 e. The first-order valence-electron chi connectivity index (χ1n) is 9.52. The summed E-state index contributed by atoms with van der Waals surface area (Å²) >= 11 is 7.68. The van der Waals surface area contributed by atoms with Crippen LogP contribution < -0.4 is 18.9 Å². The molecule has 4 aromatic rings. The fourth-order valence-electron chi connectivity index (χ4n) is 3.12. The van der Waals surface area contributed by atoms with Crippen molar-refractivity contribution in [1.82, 2.24) is 29.5 Å². The highest BCUT2D eigenvalue weighted by atomic mass is 35.5. The Morgan fingerprint density at radius 2 is 1.81 bits per heavy atom. The largest absolute Gasteiger partial charge is 0.493 e. The third-order valence-corrected chi connectivity index (χ3v) is 5.07. The van der Waals surface area contributed by atoms with E-state index in [1.54, 1.807) is 37.2 Å². The SMILES string of the molecule is CCOc1cccc(-c2nc3nc(Cl)c(NSC)nc3n2-c2c(OC)cncc2OC)n1. The molecule has 1 N–H and O–H groups in total. The van der Waals surface area contributed by atoms with Gasteiger partial charge in [-0.1, -0.05) is 29.6 Å². The summed E-state index contributed by atoms with van der Waals surface area (Å²) in [5.74, 6) is 2.26. The van der Waals surface area contributed by atoms with Crippen LogP contribution in [0.4, 0.5) is 5.82 Å². The van der Waals surface area contributed by atoms with Crippen molar-refractivity contribution in [3.8, 4) is 34.6 Å². The molecule has 0 saturated heterocycles. The molecule has 0 radical (unpaired) electrons. The van der Waals surface area contributed by atoms with Gasteiger partial charge in [0, 0.05) is 12.3 Å². The van der Waals surface area contributed by atoms with E-state index in [1.165, 1.54) is 11.9 Å². The van der Waals surface area contributed by atoms with Gasteiger partial charge in [-0.15, -0.1) is 0 Å². The molecule has 4 heterocycles. The summed E-state index contributed by atoms with van der Waals surface area (Å²) in [6, 6.07) is 5.44. The molecule has 166 valence electrons. The number of anilines is 1. The Kier molecular flexibility index (Phi) is 6.47. The molecular weight excluding hydrogens is 454 g/mol. The van der Waals surface area contributed by atoms with E-state index in [0.717, 1.165) is 0 Å². The molecule has 4 aromatic heterocycles. The van der Waals surface area contributed by atoms with Crippen LogP contribution in [0.5, 0.6) is 17.4 Å². The zero-order chi connectivity index (χ0) is 22.7. The quantitative estimate of drug-likeness (QED) is 0.376. The molecule has 0 aromatic carbocycles. The number of imidazole rings is 1. The van der Waals surface area contributed by atoms with Crippen LogP contribution in [-0.4, -0.2) is 56.6 Å². The zero-order valence-corrected chi connectivity index (χ0v) is 19.4. The van der Waals surface area contributed by atoms with Crippen molar-refractivity contribution in [2.75, 3.05) is 31.8 Å². The lowest BCUT2D eigenvalue weighted by molar-refractivity contribution is 0.327. The second kappa shape index (κ2) is 9.45. The van der Waals surface area contributed by atoms with Crippen LogP contribution in [0.2, 0.25) is 5.15 Å². The molecule has 0 aliphatic heterocycles. The highest BCUT2D eigenvalue weighted by Crippen LogP contribution is 2.38. The molecule has 4 rings (SSSR count). The van der Waals surface area contributed by atoms with E-state index in [0.29, 0.717) is 58.3 Å². The number of ether oxygens (including phenoxy) is 3. The van der Waals surface area contributed by atoms with E-state index in [2.05, 4.69) is 24.7 Å². The van der Waals surface area contributed by atoms with Crippen LogP contribution >= 0.6 is 23.5 Å². The number of hydrogen-bond acceptors (Lipinski definition) is 10. The molecule has 0 fully saturated rings. The Balaban J connectivity index is 2.09. The van der Waals surface area contributed by atoms with Gasteiger partial charge in [0.15, 0.2) is 39.6 Å². The van der Waals surface area contributed by atoms with E-state index < -0.39 is 0 Å². The summed E-state index contributed by atoms with van der Waals surface area (Å²) < 4.78 is 21.5. The van der Waals surface area contributed by atoms with Crippen molar-refractivity contribution in [3.05, 3.63) is 35.7 Å². The van der Waals surface area contributed by atoms with Crippen molar-refractivity contribution in [3.63, 3.8) is 0 Å². The Morgan fingerprint density at radius 3 is 2.47 bits per heavy atom. The van der Waals surface area contributed by atoms with E-state index in [1.807, 2.05) is 25.3 Å². The smallest absolute Gasteiger partial charge is 0.213 e. The van der Waals surface area contributed by atoms with Gasteiger partial charge in [-0.25, -0.2) is 19.9 Å². The lowest BCUT2D eigenvalue weighted by Gasteiger charge is -2.16. The minimum Gasteiger partial charge on any atom is -0.493 e. The summed E-state index contributed by atoms with van der Waals surface area (Å²) in [6.07, 6.45) is 5.03. The number of nitrogens with zero attached hydrogens (tertiary/aromatic N) is 6. The third-order valence-electron chi connectivity index (χ3n) is 4.41. The normalized spacial score (nSPS) is 10.9. The molecular formula is C20H20ClN7O3S. The molecule has 0 aliphatic carbocycles. The summed E-state index contributed by atoms with van der Waals surface area (Å²) in [5.41, 5.74) is 1.87. The van der Waals surface area contributed by atoms with Gasteiger partial charge in [-0.3, -0.25) is 9.55 Å². The van der Waals surface area contributed by atoms with E-state index in [9.17, 15) is 0 Å². The number of hydrogen-bond donors (Lipinski definition) is 1. The molecule has 0 saturated carbocycles. The Bertz CT molecular complexity index is 1250. The van der Waals surface area contributed by atoms with Crippen LogP contribution in [0, 0.1) is 0 Å². The highest BCUT2D eigenvalue weighted by molar-refractivity contribution is 7.99. The summed E-state index contributed by atoms with van der Waals surface area (Å²) in [5, 5.41) is 0.202. The first-order valence-corrected chi connectivity index (χ1v) is 11.1. The summed E-state index contributed by atoms with van der Waals surface area (Å²) in [6.45, 7) is 2.38. The van der Waals surface area contributed by atoms with Gasteiger partial charge in [-0.2, -0.15) is 0 Å². The van der Waals surface area contributed by atoms with Crippen LogP contribution in [0.1, 0.15) is 6.92 Å². The van der Waals surface area contributed by atoms with Crippen molar-refractivity contribution in [2.45, 2.75) is 6.92 Å². The van der Waals surface area contributed by atoms with E-state index >= 15 is 0 Å². The van der Waals surface area contributed by atoms with E-state index in [4.69, 9.17) is 30.8 Å². The van der Waals surface area contributed by atoms with Crippen LogP contribution in [0.15, 0.2) is 30.6 Å². The predicted octanol–water partition coefficient (Wildman–Crippen LogP) is 4.03. The number of halogens is 1. The topological polar surface area (TPSA) is 109 Å². The predicted molar refractivity (Wildman–Crippen MR) is 124 cm³/mol. The number of fused-ring (bicyclic) bond motifs is 1. The van der Waals surface area contributed by atoms with Crippen molar-refractivity contribution in [1.29, 1.82) is 0 Å². The zero-order valence-electron chi connectivity index (χ0n) is 17.8. The molecule has 32 heavy (non-hydrogen) atoms. The molecule has 0 spiro atoms. The number of rotatable bonds is 8. The first-order chi connectivity index (χ1) is 15.6. The number of nitrogens with one attached hydrogen (secondary N) is 1. The Hall–Kier alpha value is -3.31. The van der Waals surface area contributed by atoms with Crippen LogP contribution in [0.3, 0.4) is 0 Å². The average Bonchev–Trinajstić information content (AvgIpc) is 3.17. The van der Waals surface area contributed by atoms with Crippen molar-refractivity contribution < 1.29 is 14.2 Å². The maximum atomic E-state index is 6.33. The molecule has 0 bridgehead atoms. The minimum atomic E-state index is 0.202. The number of methoxy groups -OCH3 is 2. The summed E-state index contributed by atoms with van der Waals surface area (Å²) in [4.78, 5) is 22.6. The summed E-state index contributed by atoms with van der Waals surface area (Å²) in [7, 11) is 3.10. The molecule has 0 amide bonds. The number of pyridine rings is 2. The average molecular weight is 474 g/mol. The van der Waals surface area contributed by atoms with Crippen molar-refractivity contribution in [2.24, 2.45) is 0 Å². The third kappa shape index (κ3) is 3.96. The Labute approximate surface area is 193 Å². The molecule has 0 aliphatic rings. The fraction of sp³-hybridized carbons (Fsp3) is 0.250. The van der Waals surface area contributed by atoms with E-state index in [-0.39, 0.29) is 5.15 Å². The minimum absolute atomic E-state index is 0.202. The standard InChI is InChI=1S/C20H20ClN7O3S/c1-5-31-14-8-6-7-11(23-14)19-26-18-20(25-17(27-32-4)16(21)24-18)28(19)15-12(29-2)9-22-10-13(15)30-3/h6-10H,5H2,1-4H3,(H,25,27). The molecule has 0 atom stereocenters. The maximum absolute atomic E-state index is 6.33. The molecule has 10 nitrogen and oxygen atoms in total. The lowest BCUT2D eigenvalue weighted by atomic mass is 10.3. The van der Waals surface area contributed by atoms with Crippen LogP contribution in [0.25, 0.3) is 28.5 Å². The monoisotopic (exact) mass is 473 g/mol. The lowest BCUT2D eigenvalue weighted by Crippen LogP contribution is -2.06. The van der Waals surface area contributed by atoms with Crippen molar-refractivity contribution >= 4 is 40.7 Å². The van der Waals surface area contributed by atoms with Gasteiger partial charge in [0.25, 0.3) is 0 Å². The second-order valence-corrected chi connectivity index (χ2v) is 7.24. The van der Waals surface area contributed by atoms with Crippen LogP contribution in [-0.2, 0) is 0 Å². The fourth-order valence-corrected chi connectivity index (χ4v) is 3.68. The molecule has 12 heteroatoms. The molecule has 0 unspecified atom stereocenters. The van der Waals surface area contributed by atoms with Gasteiger partial charge < -0.3 is 18.9 Å².